The third-order valence-electron chi connectivity index (χ3n) is 3.10. The average molecular weight is 293 g/mol. The minimum absolute atomic E-state index is 0.308. The second-order valence-corrected chi connectivity index (χ2v) is 5.43. The van der Waals surface area contributed by atoms with Crippen molar-refractivity contribution >= 4 is 22.4 Å². The summed E-state index contributed by atoms with van der Waals surface area (Å²) < 4.78 is 12.8. The molecule has 2 aromatic rings. The van der Waals surface area contributed by atoms with E-state index in [1.807, 2.05) is 0 Å². The first-order valence-electron chi connectivity index (χ1n) is 6.54. The summed E-state index contributed by atoms with van der Waals surface area (Å²) >= 11 is 1.39. The van der Waals surface area contributed by atoms with Crippen molar-refractivity contribution in [1.82, 2.24) is 10.2 Å². The highest BCUT2D eigenvalue weighted by atomic mass is 32.1. The van der Waals surface area contributed by atoms with Gasteiger partial charge in [-0.3, -0.25) is 10.1 Å². The molecular weight excluding hydrogens is 277 g/mol. The van der Waals surface area contributed by atoms with E-state index in [1.165, 1.54) is 35.6 Å². The molecule has 0 unspecified atom stereocenters. The Labute approximate surface area is 121 Å². The van der Waals surface area contributed by atoms with E-state index in [9.17, 15) is 9.18 Å². The van der Waals surface area contributed by atoms with Gasteiger partial charge in [-0.2, -0.15) is 0 Å². The number of hydrogen-bond acceptors (Lipinski definition) is 4. The Bertz CT molecular complexity index is 578. The molecule has 1 N–H and O–H groups in total. The van der Waals surface area contributed by atoms with E-state index in [0.29, 0.717) is 16.6 Å². The Morgan fingerprint density at radius 2 is 1.90 bits per heavy atom. The minimum Gasteiger partial charge on any atom is -0.296 e. The molecule has 6 heteroatoms. The summed E-state index contributed by atoms with van der Waals surface area (Å²) in [4.78, 5) is 11.9. The highest BCUT2D eigenvalue weighted by Crippen LogP contribution is 2.28. The van der Waals surface area contributed by atoms with Crippen LogP contribution >= 0.6 is 11.3 Å². The first-order valence-corrected chi connectivity index (χ1v) is 7.36. The van der Waals surface area contributed by atoms with E-state index < -0.39 is 0 Å². The highest BCUT2D eigenvalue weighted by Gasteiger charge is 2.15. The fraction of sp³-hybridized carbons (Fsp3) is 0.357. The number of carbonyl (C=O) groups excluding carboxylic acids is 1. The molecule has 0 atom stereocenters. The van der Waals surface area contributed by atoms with Crippen molar-refractivity contribution in [2.45, 2.75) is 32.6 Å². The van der Waals surface area contributed by atoms with Gasteiger partial charge >= 0.3 is 0 Å². The summed E-state index contributed by atoms with van der Waals surface area (Å²) in [6, 6.07) is 5.39. The number of carbonyl (C=O) groups is 1. The van der Waals surface area contributed by atoms with Crippen LogP contribution in [0.2, 0.25) is 0 Å². The van der Waals surface area contributed by atoms with Crippen molar-refractivity contribution in [2.24, 2.45) is 0 Å². The zero-order valence-corrected chi connectivity index (χ0v) is 12.2. The van der Waals surface area contributed by atoms with Crippen LogP contribution in [0.4, 0.5) is 9.52 Å². The monoisotopic (exact) mass is 293 g/mol. The average Bonchev–Trinajstić information content (AvgIpc) is 2.89. The maximum atomic E-state index is 12.8. The van der Waals surface area contributed by atoms with Crippen molar-refractivity contribution in [2.75, 3.05) is 5.32 Å². The van der Waals surface area contributed by atoms with Gasteiger partial charge < -0.3 is 0 Å². The molecule has 0 saturated heterocycles. The lowest BCUT2D eigenvalue weighted by molar-refractivity contribution is 0.102. The predicted octanol–water partition coefficient (Wildman–Crippen LogP) is 3.83. The van der Waals surface area contributed by atoms with Gasteiger partial charge in [-0.25, -0.2) is 4.39 Å². The van der Waals surface area contributed by atoms with Crippen molar-refractivity contribution in [3.05, 3.63) is 40.7 Å². The Morgan fingerprint density at radius 1 is 1.25 bits per heavy atom. The van der Waals surface area contributed by atoms with Crippen molar-refractivity contribution in [1.29, 1.82) is 0 Å². The molecular formula is C14H16FN3OS. The van der Waals surface area contributed by atoms with E-state index >= 15 is 0 Å². The van der Waals surface area contributed by atoms with Crippen LogP contribution in [0.15, 0.2) is 24.3 Å². The minimum atomic E-state index is -0.367. The molecule has 1 aromatic carbocycles. The largest absolute Gasteiger partial charge is 0.296 e. The van der Waals surface area contributed by atoms with Gasteiger partial charge in [0.15, 0.2) is 0 Å². The van der Waals surface area contributed by atoms with E-state index in [1.54, 1.807) is 0 Å². The van der Waals surface area contributed by atoms with Crippen LogP contribution in [-0.2, 0) is 0 Å². The molecule has 0 fully saturated rings. The SMILES string of the molecule is CCC(CC)c1nnc(NC(=O)c2ccc(F)cc2)s1. The molecule has 0 radical (unpaired) electrons. The maximum absolute atomic E-state index is 12.8. The van der Waals surface area contributed by atoms with Gasteiger partial charge in [0.25, 0.3) is 5.91 Å². The van der Waals surface area contributed by atoms with E-state index in [-0.39, 0.29) is 11.7 Å². The Hall–Kier alpha value is -1.82. The summed E-state index contributed by atoms with van der Waals surface area (Å²) in [6.07, 6.45) is 1.99. The molecule has 4 nitrogen and oxygen atoms in total. The number of benzene rings is 1. The lowest BCUT2D eigenvalue weighted by Crippen LogP contribution is -2.11. The zero-order chi connectivity index (χ0) is 14.5. The standard InChI is InChI=1S/C14H16FN3OS/c1-3-9(4-2)13-17-18-14(20-13)16-12(19)10-5-7-11(15)8-6-10/h5-9H,3-4H2,1-2H3,(H,16,18,19). The Morgan fingerprint density at radius 3 is 2.50 bits per heavy atom. The second kappa shape index (κ2) is 6.56. The van der Waals surface area contributed by atoms with Gasteiger partial charge in [-0.05, 0) is 37.1 Å². The molecule has 1 amide bonds. The lowest BCUT2D eigenvalue weighted by atomic mass is 10.1. The number of aromatic nitrogens is 2. The molecule has 0 bridgehead atoms. The van der Waals surface area contributed by atoms with Crippen LogP contribution in [0.25, 0.3) is 0 Å². The Balaban J connectivity index is 2.06. The van der Waals surface area contributed by atoms with Crippen LogP contribution in [0.5, 0.6) is 0 Å². The molecule has 0 spiro atoms. The van der Waals surface area contributed by atoms with Crippen LogP contribution in [0.1, 0.15) is 48.0 Å². The number of nitrogens with one attached hydrogen (secondary N) is 1. The van der Waals surface area contributed by atoms with Gasteiger partial charge in [0.1, 0.15) is 10.8 Å². The van der Waals surface area contributed by atoms with E-state index in [2.05, 4.69) is 29.4 Å². The van der Waals surface area contributed by atoms with Gasteiger partial charge in [-0.15, -0.1) is 10.2 Å². The van der Waals surface area contributed by atoms with Gasteiger partial charge in [0, 0.05) is 11.5 Å². The third-order valence-corrected chi connectivity index (χ3v) is 4.10. The molecule has 106 valence electrons. The summed E-state index contributed by atoms with van der Waals surface area (Å²) in [5.74, 6) is -0.297. The number of hydrogen-bond donors (Lipinski definition) is 1. The lowest BCUT2D eigenvalue weighted by Gasteiger charge is -2.05. The van der Waals surface area contributed by atoms with Gasteiger partial charge in [0.2, 0.25) is 5.13 Å². The smallest absolute Gasteiger partial charge is 0.257 e. The van der Waals surface area contributed by atoms with Gasteiger partial charge in [0.05, 0.1) is 0 Å². The summed E-state index contributed by atoms with van der Waals surface area (Å²) in [5.41, 5.74) is 0.394. The normalized spacial score (nSPS) is 10.8. The Kier molecular flexibility index (Phi) is 4.79. The van der Waals surface area contributed by atoms with E-state index in [0.717, 1.165) is 17.8 Å². The van der Waals surface area contributed by atoms with E-state index in [4.69, 9.17) is 0 Å². The molecule has 0 aliphatic rings. The molecule has 0 aliphatic heterocycles. The van der Waals surface area contributed by atoms with Crippen LogP contribution < -0.4 is 5.32 Å². The summed E-state index contributed by atoms with van der Waals surface area (Å²) in [7, 11) is 0. The molecule has 1 aromatic heterocycles. The molecule has 0 saturated carbocycles. The first kappa shape index (κ1) is 14.6. The molecule has 20 heavy (non-hydrogen) atoms. The van der Waals surface area contributed by atoms with Crippen molar-refractivity contribution in [3.8, 4) is 0 Å². The quantitative estimate of drug-likeness (QED) is 0.911. The van der Waals surface area contributed by atoms with Crippen molar-refractivity contribution in [3.63, 3.8) is 0 Å². The molecule has 2 rings (SSSR count). The fourth-order valence-corrected chi connectivity index (χ4v) is 2.86. The zero-order valence-electron chi connectivity index (χ0n) is 11.4. The third kappa shape index (κ3) is 3.39. The maximum Gasteiger partial charge on any atom is 0.257 e. The summed E-state index contributed by atoms with van der Waals surface area (Å²) in [6.45, 7) is 4.21. The number of nitrogens with zero attached hydrogens (tertiary/aromatic N) is 2. The van der Waals surface area contributed by atoms with Gasteiger partial charge in [-0.1, -0.05) is 25.2 Å². The topological polar surface area (TPSA) is 54.9 Å². The number of anilines is 1. The number of amides is 1. The predicted molar refractivity (Wildman–Crippen MR) is 77.6 cm³/mol. The summed E-state index contributed by atoms with van der Waals surface area (Å²) in [5, 5.41) is 12.2. The second-order valence-electron chi connectivity index (χ2n) is 4.42. The number of halogens is 1. The van der Waals surface area contributed by atoms with Crippen LogP contribution in [-0.4, -0.2) is 16.1 Å². The highest BCUT2D eigenvalue weighted by molar-refractivity contribution is 7.15. The van der Waals surface area contributed by atoms with Crippen LogP contribution in [0, 0.1) is 5.82 Å². The molecule has 1 heterocycles. The van der Waals surface area contributed by atoms with Crippen molar-refractivity contribution < 1.29 is 9.18 Å². The van der Waals surface area contributed by atoms with Crippen LogP contribution in [0.3, 0.4) is 0 Å². The fourth-order valence-electron chi connectivity index (χ4n) is 1.86. The number of rotatable bonds is 5. The first-order chi connectivity index (χ1) is 9.63. The molecule has 0 aliphatic carbocycles.